The molecule has 0 fully saturated rings. The van der Waals surface area contributed by atoms with Crippen LogP contribution in [0.1, 0.15) is 33.4 Å². The van der Waals surface area contributed by atoms with Crippen molar-refractivity contribution in [3.63, 3.8) is 0 Å². The summed E-state index contributed by atoms with van der Waals surface area (Å²) in [5.41, 5.74) is 6.98. The lowest BCUT2D eigenvalue weighted by Crippen LogP contribution is -2.23. The van der Waals surface area contributed by atoms with Crippen LogP contribution in [0.3, 0.4) is 0 Å². The summed E-state index contributed by atoms with van der Waals surface area (Å²) in [5.74, 6) is 0.741. The molecule has 0 bridgehead atoms. The van der Waals surface area contributed by atoms with Gasteiger partial charge in [0.1, 0.15) is 25.2 Å². The van der Waals surface area contributed by atoms with Gasteiger partial charge in [-0.05, 0) is 72.7 Å². The van der Waals surface area contributed by atoms with Crippen LogP contribution in [0, 0.1) is 20.8 Å². The molecule has 0 N–H and O–H groups in total. The van der Waals surface area contributed by atoms with Gasteiger partial charge in [-0.15, -0.1) is 0 Å². The van der Waals surface area contributed by atoms with E-state index in [9.17, 15) is 4.79 Å². The topological polar surface area (TPSA) is 83.5 Å². The third-order valence-corrected chi connectivity index (χ3v) is 5.63. The first-order valence-electron chi connectivity index (χ1n) is 10.9. The van der Waals surface area contributed by atoms with Gasteiger partial charge in [0.2, 0.25) is 0 Å². The van der Waals surface area contributed by atoms with Gasteiger partial charge in [-0.3, -0.25) is 0 Å². The summed E-state index contributed by atoms with van der Waals surface area (Å²) in [6.07, 6.45) is 0. The quantitative estimate of drug-likeness (QED) is 0.311. The molecule has 0 aliphatic carbocycles. The van der Waals surface area contributed by atoms with E-state index < -0.39 is 0 Å². The minimum atomic E-state index is -0.312. The van der Waals surface area contributed by atoms with Gasteiger partial charge >= 0.3 is 5.69 Å². The second kappa shape index (κ2) is 9.74. The van der Waals surface area contributed by atoms with E-state index in [2.05, 4.69) is 21.6 Å². The molecule has 8 heteroatoms. The molecule has 0 saturated carbocycles. The Morgan fingerprint density at radius 1 is 0.941 bits per heavy atom. The van der Waals surface area contributed by atoms with Gasteiger partial charge < -0.3 is 9.57 Å². The summed E-state index contributed by atoms with van der Waals surface area (Å²) in [4.78, 5) is 17.5. The van der Waals surface area contributed by atoms with Crippen molar-refractivity contribution < 1.29 is 9.57 Å². The largest absolute Gasteiger partial charge is 0.489 e. The number of nitrogens with zero attached hydrogens (tertiary/aromatic N) is 5. The normalized spacial score (nSPS) is 11.5. The zero-order valence-electron chi connectivity index (χ0n) is 19.9. The molecule has 4 rings (SSSR count). The van der Waals surface area contributed by atoms with E-state index in [1.807, 2.05) is 75.4 Å². The van der Waals surface area contributed by atoms with Crippen molar-refractivity contribution in [2.45, 2.75) is 27.4 Å². The van der Waals surface area contributed by atoms with Gasteiger partial charge in [0.25, 0.3) is 0 Å². The fourth-order valence-electron chi connectivity index (χ4n) is 3.80. The summed E-state index contributed by atoms with van der Waals surface area (Å²) in [7, 11) is 3.11. The fourth-order valence-corrected chi connectivity index (χ4v) is 3.80. The lowest BCUT2D eigenvalue weighted by atomic mass is 9.99. The molecular formula is C26H27N5O3. The summed E-state index contributed by atoms with van der Waals surface area (Å²) >= 11 is 0. The monoisotopic (exact) mass is 457 g/mol. The van der Waals surface area contributed by atoms with Crippen molar-refractivity contribution in [1.29, 1.82) is 0 Å². The Hall–Kier alpha value is -4.20. The minimum absolute atomic E-state index is 0.280. The van der Waals surface area contributed by atoms with Crippen LogP contribution >= 0.6 is 0 Å². The summed E-state index contributed by atoms with van der Waals surface area (Å²) in [6.45, 7) is 6.30. The maximum Gasteiger partial charge on any atom is 0.368 e. The Labute approximate surface area is 198 Å². The van der Waals surface area contributed by atoms with Crippen LogP contribution in [0.4, 0.5) is 0 Å². The van der Waals surface area contributed by atoms with Crippen molar-refractivity contribution in [1.82, 2.24) is 19.8 Å². The molecule has 0 saturated heterocycles. The maximum absolute atomic E-state index is 12.4. The SMILES string of the molecule is CON=C(c1cccc(C)c1)c1ccc(OCc2c(C)cccc2-n2nnn(C)c2=O)c(C)c1. The average Bonchev–Trinajstić information content (AvgIpc) is 3.15. The molecule has 1 aromatic heterocycles. The smallest absolute Gasteiger partial charge is 0.368 e. The highest BCUT2D eigenvalue weighted by Gasteiger charge is 2.15. The van der Waals surface area contributed by atoms with E-state index in [4.69, 9.17) is 9.57 Å². The van der Waals surface area contributed by atoms with E-state index in [-0.39, 0.29) is 12.3 Å². The van der Waals surface area contributed by atoms with Crippen LogP contribution in [0.15, 0.2) is 70.6 Å². The number of aryl methyl sites for hydroxylation is 4. The summed E-state index contributed by atoms with van der Waals surface area (Å²) < 4.78 is 8.68. The predicted octanol–water partition coefficient (Wildman–Crippen LogP) is 3.87. The lowest BCUT2D eigenvalue weighted by Gasteiger charge is -2.15. The Balaban J connectivity index is 1.62. The summed E-state index contributed by atoms with van der Waals surface area (Å²) in [5, 5.41) is 12.1. The molecule has 0 amide bonds. The molecule has 0 aliphatic heterocycles. The Bertz CT molecular complexity index is 1420. The van der Waals surface area contributed by atoms with E-state index in [0.717, 1.165) is 44.8 Å². The van der Waals surface area contributed by atoms with E-state index in [0.29, 0.717) is 5.69 Å². The minimum Gasteiger partial charge on any atom is -0.489 e. The Kier molecular flexibility index (Phi) is 6.58. The van der Waals surface area contributed by atoms with E-state index in [1.165, 1.54) is 9.36 Å². The van der Waals surface area contributed by atoms with E-state index >= 15 is 0 Å². The van der Waals surface area contributed by atoms with Crippen molar-refractivity contribution in [3.05, 3.63) is 105 Å². The fraction of sp³-hybridized carbons (Fsp3) is 0.231. The van der Waals surface area contributed by atoms with Crippen molar-refractivity contribution in [2.75, 3.05) is 7.11 Å². The second-order valence-corrected chi connectivity index (χ2v) is 8.13. The van der Waals surface area contributed by atoms with Gasteiger partial charge in [0, 0.05) is 23.7 Å². The van der Waals surface area contributed by atoms with Crippen LogP contribution in [0.25, 0.3) is 5.69 Å². The number of rotatable bonds is 7. The van der Waals surface area contributed by atoms with Gasteiger partial charge in [0.15, 0.2) is 0 Å². The number of benzene rings is 3. The molecule has 0 unspecified atom stereocenters. The molecule has 3 aromatic carbocycles. The van der Waals surface area contributed by atoms with Crippen molar-refractivity contribution >= 4 is 5.71 Å². The number of ether oxygens (including phenoxy) is 1. The van der Waals surface area contributed by atoms with Crippen LogP contribution in [0.2, 0.25) is 0 Å². The number of hydrogen-bond acceptors (Lipinski definition) is 6. The predicted molar refractivity (Wildman–Crippen MR) is 131 cm³/mol. The first kappa shape index (κ1) is 23.0. The zero-order chi connectivity index (χ0) is 24.2. The molecule has 8 nitrogen and oxygen atoms in total. The number of hydrogen-bond donors (Lipinski definition) is 0. The number of aromatic nitrogens is 4. The Morgan fingerprint density at radius 2 is 1.71 bits per heavy atom. The average molecular weight is 458 g/mol. The molecule has 0 aliphatic rings. The van der Waals surface area contributed by atoms with Gasteiger partial charge in [0.05, 0.1) is 5.69 Å². The highest BCUT2D eigenvalue weighted by Crippen LogP contribution is 2.25. The Morgan fingerprint density at radius 3 is 2.38 bits per heavy atom. The summed E-state index contributed by atoms with van der Waals surface area (Å²) in [6, 6.07) is 19.8. The molecular weight excluding hydrogens is 430 g/mol. The zero-order valence-corrected chi connectivity index (χ0v) is 19.9. The third-order valence-electron chi connectivity index (χ3n) is 5.63. The molecule has 4 aromatic rings. The molecule has 0 spiro atoms. The highest BCUT2D eigenvalue weighted by molar-refractivity contribution is 6.12. The second-order valence-electron chi connectivity index (χ2n) is 8.13. The molecule has 174 valence electrons. The highest BCUT2D eigenvalue weighted by atomic mass is 16.6. The van der Waals surface area contributed by atoms with Crippen LogP contribution in [-0.4, -0.2) is 32.6 Å². The standard InChI is InChI=1S/C26H27N5O3/c1-17-8-6-10-20(14-17)25(27-33-5)21-12-13-24(19(3)15-21)34-16-22-18(2)9-7-11-23(22)31-26(32)30(4)28-29-31/h6-15H,16H2,1-5H3. The number of tetrazole rings is 1. The van der Waals surface area contributed by atoms with E-state index in [1.54, 1.807) is 14.2 Å². The number of oxime groups is 1. The first-order valence-corrected chi connectivity index (χ1v) is 10.9. The van der Waals surface area contributed by atoms with Gasteiger partial charge in [-0.2, -0.15) is 9.36 Å². The maximum atomic E-state index is 12.4. The van der Waals surface area contributed by atoms with Crippen molar-refractivity contribution in [2.24, 2.45) is 12.2 Å². The molecule has 0 radical (unpaired) electrons. The molecule has 0 atom stereocenters. The van der Waals surface area contributed by atoms with Gasteiger partial charge in [-0.1, -0.05) is 41.1 Å². The van der Waals surface area contributed by atoms with Crippen LogP contribution in [0.5, 0.6) is 5.75 Å². The molecule has 1 heterocycles. The first-order chi connectivity index (χ1) is 16.4. The third kappa shape index (κ3) is 4.61. The lowest BCUT2D eigenvalue weighted by molar-refractivity contribution is 0.214. The van der Waals surface area contributed by atoms with Gasteiger partial charge in [-0.25, -0.2) is 4.79 Å². The van der Waals surface area contributed by atoms with Crippen LogP contribution in [-0.2, 0) is 18.5 Å². The molecule has 34 heavy (non-hydrogen) atoms. The van der Waals surface area contributed by atoms with Crippen LogP contribution < -0.4 is 10.4 Å². The van der Waals surface area contributed by atoms with Crippen molar-refractivity contribution in [3.8, 4) is 11.4 Å².